The van der Waals surface area contributed by atoms with Crippen molar-refractivity contribution < 1.29 is 23.8 Å². The molecule has 0 aliphatic carbocycles. The predicted octanol–water partition coefficient (Wildman–Crippen LogP) is 2.28. The highest BCUT2D eigenvalue weighted by molar-refractivity contribution is 5.93. The van der Waals surface area contributed by atoms with Gasteiger partial charge in [-0.05, 0) is 32.0 Å². The van der Waals surface area contributed by atoms with Crippen LogP contribution in [0, 0.1) is 5.82 Å². The van der Waals surface area contributed by atoms with Gasteiger partial charge in [0.25, 0.3) is 0 Å². The van der Waals surface area contributed by atoms with Crippen LogP contribution in [0.3, 0.4) is 0 Å². The van der Waals surface area contributed by atoms with Crippen LogP contribution in [-0.4, -0.2) is 29.7 Å². The third-order valence-electron chi connectivity index (χ3n) is 2.63. The molecule has 0 saturated heterocycles. The first-order chi connectivity index (χ1) is 8.75. The summed E-state index contributed by atoms with van der Waals surface area (Å²) in [6, 6.07) is 3.30. The Morgan fingerprint density at radius 3 is 2.53 bits per heavy atom. The molecule has 0 fully saturated rings. The molecule has 1 rings (SSSR count). The fourth-order valence-corrected chi connectivity index (χ4v) is 1.40. The van der Waals surface area contributed by atoms with Crippen LogP contribution in [0.25, 0.3) is 0 Å². The van der Waals surface area contributed by atoms with Gasteiger partial charge in [-0.15, -0.1) is 0 Å². The first-order valence-corrected chi connectivity index (χ1v) is 5.63. The number of halogens is 1. The maximum absolute atomic E-state index is 13.6. The summed E-state index contributed by atoms with van der Waals surface area (Å²) < 4.78 is 18.7. The Balaban J connectivity index is 2.78. The summed E-state index contributed by atoms with van der Waals surface area (Å²) in [5.41, 5.74) is -0.878. The zero-order chi connectivity index (χ0) is 14.6. The minimum absolute atomic E-state index is 0.0538. The molecule has 2 N–H and O–H groups in total. The van der Waals surface area contributed by atoms with Crippen LogP contribution in [-0.2, 0) is 9.53 Å². The van der Waals surface area contributed by atoms with Crippen LogP contribution in [0.15, 0.2) is 18.2 Å². The van der Waals surface area contributed by atoms with Crippen LogP contribution < -0.4 is 5.32 Å². The van der Waals surface area contributed by atoms with E-state index in [-0.39, 0.29) is 17.7 Å². The number of nitrogens with one attached hydrogen (secondary N) is 1. The molecule has 0 saturated carbocycles. The zero-order valence-corrected chi connectivity index (χ0v) is 11.0. The normalized spacial score (nSPS) is 11.2. The molecule has 0 spiro atoms. The molecule has 0 atom stereocenters. The van der Waals surface area contributed by atoms with Gasteiger partial charge in [0.05, 0.1) is 23.3 Å². The number of anilines is 1. The van der Waals surface area contributed by atoms with E-state index in [0.717, 1.165) is 6.07 Å². The molecule has 1 amide bonds. The number of carboxylic acid groups (broad SMARTS) is 1. The van der Waals surface area contributed by atoms with Crippen molar-refractivity contribution in [2.75, 3.05) is 12.4 Å². The number of carbonyl (C=O) groups excluding carboxylic acids is 1. The number of carboxylic acids is 1. The van der Waals surface area contributed by atoms with E-state index >= 15 is 0 Å². The number of ether oxygens (including phenoxy) is 1. The number of methoxy groups -OCH3 is 1. The van der Waals surface area contributed by atoms with E-state index < -0.39 is 23.3 Å². The van der Waals surface area contributed by atoms with E-state index in [0.29, 0.717) is 0 Å². The van der Waals surface area contributed by atoms with Gasteiger partial charge in [0.2, 0.25) is 5.91 Å². The highest BCUT2D eigenvalue weighted by atomic mass is 19.1. The maximum atomic E-state index is 13.6. The minimum Gasteiger partial charge on any atom is -0.478 e. The van der Waals surface area contributed by atoms with Crippen LogP contribution in [0.4, 0.5) is 10.1 Å². The van der Waals surface area contributed by atoms with Gasteiger partial charge in [-0.25, -0.2) is 9.18 Å². The van der Waals surface area contributed by atoms with Crippen molar-refractivity contribution in [1.82, 2.24) is 0 Å². The first-order valence-electron chi connectivity index (χ1n) is 5.63. The largest absolute Gasteiger partial charge is 0.478 e. The lowest BCUT2D eigenvalue weighted by molar-refractivity contribution is -0.121. The zero-order valence-electron chi connectivity index (χ0n) is 11.0. The molecular weight excluding hydrogens is 253 g/mol. The highest BCUT2D eigenvalue weighted by Crippen LogP contribution is 2.18. The molecule has 1 aromatic carbocycles. The van der Waals surface area contributed by atoms with Crippen molar-refractivity contribution in [2.24, 2.45) is 0 Å². The molecule has 0 aliphatic rings. The van der Waals surface area contributed by atoms with Gasteiger partial charge in [-0.1, -0.05) is 0 Å². The number of hydrogen-bond acceptors (Lipinski definition) is 3. The Morgan fingerprint density at radius 1 is 1.42 bits per heavy atom. The lowest BCUT2D eigenvalue weighted by Gasteiger charge is -2.22. The number of benzene rings is 1. The van der Waals surface area contributed by atoms with Gasteiger partial charge in [0.1, 0.15) is 5.82 Å². The number of rotatable bonds is 5. The van der Waals surface area contributed by atoms with Gasteiger partial charge < -0.3 is 15.2 Å². The van der Waals surface area contributed by atoms with E-state index in [1.165, 1.54) is 19.2 Å². The van der Waals surface area contributed by atoms with Crippen molar-refractivity contribution in [1.29, 1.82) is 0 Å². The van der Waals surface area contributed by atoms with Crippen molar-refractivity contribution in [3.8, 4) is 0 Å². The summed E-state index contributed by atoms with van der Waals surface area (Å²) in [6.07, 6.45) is 0.0591. The molecule has 0 aromatic heterocycles. The molecule has 6 heteroatoms. The monoisotopic (exact) mass is 269 g/mol. The molecule has 0 heterocycles. The molecule has 0 aliphatic heterocycles. The molecule has 5 nitrogen and oxygen atoms in total. The predicted molar refractivity (Wildman–Crippen MR) is 67.7 cm³/mol. The first kappa shape index (κ1) is 15.1. The minimum atomic E-state index is -1.22. The SMILES string of the molecule is COC(C)(C)CC(=O)Nc1ccc(C(=O)O)cc1F. The lowest BCUT2D eigenvalue weighted by atomic mass is 10.0. The van der Waals surface area contributed by atoms with E-state index in [9.17, 15) is 14.0 Å². The van der Waals surface area contributed by atoms with Gasteiger partial charge in [0.15, 0.2) is 0 Å². The topological polar surface area (TPSA) is 75.6 Å². The van der Waals surface area contributed by atoms with E-state index in [1.807, 2.05) is 0 Å². The van der Waals surface area contributed by atoms with Crippen molar-refractivity contribution in [3.63, 3.8) is 0 Å². The van der Waals surface area contributed by atoms with Gasteiger partial charge in [-0.2, -0.15) is 0 Å². The standard InChI is InChI=1S/C13H16FNO4/c1-13(2,19-3)7-11(16)15-10-5-4-8(12(17)18)6-9(10)14/h4-6H,7H2,1-3H3,(H,15,16)(H,17,18). The summed E-state index contributed by atoms with van der Waals surface area (Å²) in [5, 5.41) is 11.1. The summed E-state index contributed by atoms with van der Waals surface area (Å²) in [5.74, 6) is -2.42. The number of aromatic carboxylic acids is 1. The second-order valence-electron chi connectivity index (χ2n) is 4.69. The number of amides is 1. The third kappa shape index (κ3) is 4.33. The fourth-order valence-electron chi connectivity index (χ4n) is 1.40. The molecule has 0 unspecified atom stereocenters. The van der Waals surface area contributed by atoms with Crippen molar-refractivity contribution in [3.05, 3.63) is 29.6 Å². The Kier molecular flexibility index (Phi) is 4.61. The van der Waals surface area contributed by atoms with Crippen LogP contribution in [0.5, 0.6) is 0 Å². The molecule has 104 valence electrons. The quantitative estimate of drug-likeness (QED) is 0.859. The molecular formula is C13H16FNO4. The smallest absolute Gasteiger partial charge is 0.335 e. The lowest BCUT2D eigenvalue weighted by Crippen LogP contribution is -2.29. The third-order valence-corrected chi connectivity index (χ3v) is 2.63. The van der Waals surface area contributed by atoms with E-state index in [4.69, 9.17) is 9.84 Å². The Hall–Kier alpha value is -1.95. The van der Waals surface area contributed by atoms with E-state index in [1.54, 1.807) is 13.8 Å². The van der Waals surface area contributed by atoms with Crippen molar-refractivity contribution in [2.45, 2.75) is 25.9 Å². The summed E-state index contributed by atoms with van der Waals surface area (Å²) in [4.78, 5) is 22.3. The summed E-state index contributed by atoms with van der Waals surface area (Å²) in [7, 11) is 1.48. The van der Waals surface area contributed by atoms with Crippen LogP contribution in [0.1, 0.15) is 30.6 Å². The Morgan fingerprint density at radius 2 is 2.05 bits per heavy atom. The molecule has 0 radical (unpaired) electrons. The average molecular weight is 269 g/mol. The van der Waals surface area contributed by atoms with E-state index in [2.05, 4.69) is 5.32 Å². The average Bonchev–Trinajstić information content (AvgIpc) is 2.30. The van der Waals surface area contributed by atoms with Gasteiger partial charge in [-0.3, -0.25) is 4.79 Å². The Bertz CT molecular complexity index is 499. The molecule has 0 bridgehead atoms. The Labute approximate surface area is 110 Å². The van der Waals surface area contributed by atoms with Crippen molar-refractivity contribution >= 4 is 17.6 Å². The molecule has 1 aromatic rings. The second-order valence-corrected chi connectivity index (χ2v) is 4.69. The second kappa shape index (κ2) is 5.79. The fraction of sp³-hybridized carbons (Fsp3) is 0.385. The highest BCUT2D eigenvalue weighted by Gasteiger charge is 2.21. The maximum Gasteiger partial charge on any atom is 0.335 e. The van der Waals surface area contributed by atoms with Gasteiger partial charge in [0, 0.05) is 7.11 Å². The van der Waals surface area contributed by atoms with Gasteiger partial charge >= 0.3 is 5.97 Å². The van der Waals surface area contributed by atoms with Crippen LogP contribution in [0.2, 0.25) is 0 Å². The number of hydrogen-bond donors (Lipinski definition) is 2. The molecule has 19 heavy (non-hydrogen) atoms. The number of carbonyl (C=O) groups is 2. The van der Waals surface area contributed by atoms with Crippen LogP contribution >= 0.6 is 0 Å². The summed E-state index contributed by atoms with van der Waals surface area (Å²) in [6.45, 7) is 3.47. The summed E-state index contributed by atoms with van der Waals surface area (Å²) >= 11 is 0.